The molecule has 0 radical (unpaired) electrons. The van der Waals surface area contributed by atoms with Crippen molar-refractivity contribution in [2.75, 3.05) is 6.61 Å². The van der Waals surface area contributed by atoms with Gasteiger partial charge in [0.15, 0.2) is 5.82 Å². The monoisotopic (exact) mass is 442 g/mol. The van der Waals surface area contributed by atoms with E-state index in [9.17, 15) is 23.1 Å². The van der Waals surface area contributed by atoms with Crippen molar-refractivity contribution in [1.82, 2.24) is 15.3 Å². The molecule has 0 saturated carbocycles. The minimum absolute atomic E-state index is 0.0109. The quantitative estimate of drug-likeness (QED) is 0.603. The summed E-state index contributed by atoms with van der Waals surface area (Å²) in [5.41, 5.74) is 1.53. The third-order valence-electron chi connectivity index (χ3n) is 4.24. The zero-order valence-corrected chi connectivity index (χ0v) is 16.7. The fraction of sp³-hybridized carbons (Fsp3) is 0.182. The highest BCUT2D eigenvalue weighted by atomic mass is 19.4. The molecule has 0 aliphatic heterocycles. The molecule has 2 N–H and O–H groups in total. The summed E-state index contributed by atoms with van der Waals surface area (Å²) in [6.45, 7) is 1.33. The summed E-state index contributed by atoms with van der Waals surface area (Å²) in [6.07, 6.45) is -4.82. The molecule has 3 rings (SSSR count). The Hall–Kier alpha value is -3.97. The van der Waals surface area contributed by atoms with E-state index in [4.69, 9.17) is 5.26 Å². The summed E-state index contributed by atoms with van der Waals surface area (Å²) in [7, 11) is 0. The third kappa shape index (κ3) is 5.80. The molecule has 0 aliphatic carbocycles. The fourth-order valence-electron chi connectivity index (χ4n) is 2.74. The lowest BCUT2D eigenvalue weighted by Gasteiger charge is -2.13. The lowest BCUT2D eigenvalue weighted by molar-refractivity contribution is -0.274. The molecule has 1 heterocycles. The van der Waals surface area contributed by atoms with Crippen molar-refractivity contribution in [1.29, 1.82) is 5.26 Å². The predicted molar refractivity (Wildman–Crippen MR) is 108 cm³/mol. The first-order valence-corrected chi connectivity index (χ1v) is 9.36. The van der Waals surface area contributed by atoms with Gasteiger partial charge in [0.05, 0.1) is 23.9 Å². The van der Waals surface area contributed by atoms with E-state index in [1.807, 2.05) is 6.07 Å². The van der Waals surface area contributed by atoms with Crippen molar-refractivity contribution < 1.29 is 27.8 Å². The van der Waals surface area contributed by atoms with E-state index < -0.39 is 24.1 Å². The molecular formula is C22H17F3N4O3. The summed E-state index contributed by atoms with van der Waals surface area (Å²) in [4.78, 5) is 21.3. The van der Waals surface area contributed by atoms with E-state index in [0.717, 1.165) is 12.1 Å². The van der Waals surface area contributed by atoms with Crippen molar-refractivity contribution in [3.05, 3.63) is 65.9 Å². The Morgan fingerprint density at radius 1 is 1.16 bits per heavy atom. The van der Waals surface area contributed by atoms with Gasteiger partial charge in [-0.2, -0.15) is 5.26 Å². The van der Waals surface area contributed by atoms with E-state index in [2.05, 4.69) is 20.0 Å². The molecule has 2 aromatic carbocycles. The third-order valence-corrected chi connectivity index (χ3v) is 4.24. The fourth-order valence-corrected chi connectivity index (χ4v) is 2.74. The molecule has 1 atom stereocenters. The molecule has 7 nitrogen and oxygen atoms in total. The molecule has 0 spiro atoms. The zero-order valence-electron chi connectivity index (χ0n) is 16.7. The summed E-state index contributed by atoms with van der Waals surface area (Å²) in [5, 5.41) is 20.9. The summed E-state index contributed by atoms with van der Waals surface area (Å²) >= 11 is 0. The zero-order chi connectivity index (χ0) is 23.3. The number of carbonyl (C=O) groups excluding carboxylic acids is 1. The summed E-state index contributed by atoms with van der Waals surface area (Å²) in [6, 6.07) is 14.3. The molecule has 164 valence electrons. The topological polar surface area (TPSA) is 108 Å². The molecule has 0 fully saturated rings. The van der Waals surface area contributed by atoms with Crippen LogP contribution in [0.5, 0.6) is 5.75 Å². The van der Waals surface area contributed by atoms with Crippen LogP contribution >= 0.6 is 0 Å². The van der Waals surface area contributed by atoms with Gasteiger partial charge < -0.3 is 15.2 Å². The van der Waals surface area contributed by atoms with Crippen LogP contribution in [0.15, 0.2) is 54.6 Å². The Kier molecular flexibility index (Phi) is 6.70. The maximum atomic E-state index is 12.6. The molecule has 1 aromatic heterocycles. The van der Waals surface area contributed by atoms with E-state index in [-0.39, 0.29) is 23.8 Å². The number of aliphatic hydroxyl groups is 1. The van der Waals surface area contributed by atoms with Gasteiger partial charge in [-0.1, -0.05) is 12.1 Å². The largest absolute Gasteiger partial charge is 0.573 e. The number of benzene rings is 2. The summed E-state index contributed by atoms with van der Waals surface area (Å²) < 4.78 is 41.1. The maximum Gasteiger partial charge on any atom is 0.573 e. The predicted octanol–water partition coefficient (Wildman–Crippen LogP) is 3.69. The van der Waals surface area contributed by atoms with Crippen LogP contribution in [-0.4, -0.2) is 40.0 Å². The number of aromatic nitrogens is 2. The summed E-state index contributed by atoms with van der Waals surface area (Å²) in [5.74, 6) is -0.811. The SMILES string of the molecule is C[C@@H](CO)NC(=O)c1cc(-c2ccc(OC(F)(F)F)cc2)nc(-c2cccc(C#N)c2)n1. The smallest absolute Gasteiger partial charge is 0.406 e. The molecule has 0 unspecified atom stereocenters. The van der Waals surface area contributed by atoms with Gasteiger partial charge in [-0.15, -0.1) is 13.2 Å². The van der Waals surface area contributed by atoms with Gasteiger partial charge in [0.2, 0.25) is 0 Å². The van der Waals surface area contributed by atoms with Crippen molar-refractivity contribution in [3.63, 3.8) is 0 Å². The Bertz CT molecular complexity index is 1160. The maximum absolute atomic E-state index is 12.6. The van der Waals surface area contributed by atoms with Gasteiger partial charge in [0.1, 0.15) is 11.4 Å². The number of alkyl halides is 3. The van der Waals surface area contributed by atoms with Crippen molar-refractivity contribution in [2.24, 2.45) is 0 Å². The van der Waals surface area contributed by atoms with Crippen molar-refractivity contribution in [2.45, 2.75) is 19.3 Å². The number of aliphatic hydroxyl groups excluding tert-OH is 1. The van der Waals surface area contributed by atoms with Crippen LogP contribution in [0.1, 0.15) is 23.0 Å². The average molecular weight is 442 g/mol. The number of hydrogen-bond donors (Lipinski definition) is 2. The van der Waals surface area contributed by atoms with Gasteiger partial charge >= 0.3 is 6.36 Å². The molecule has 3 aromatic rings. The van der Waals surface area contributed by atoms with E-state index in [0.29, 0.717) is 16.7 Å². The highest BCUT2D eigenvalue weighted by Gasteiger charge is 2.31. The Labute approximate surface area is 181 Å². The normalized spacial score (nSPS) is 12.0. The number of ether oxygens (including phenoxy) is 1. The number of rotatable bonds is 6. The Morgan fingerprint density at radius 2 is 1.88 bits per heavy atom. The number of nitriles is 1. The van der Waals surface area contributed by atoms with Crippen LogP contribution in [0.3, 0.4) is 0 Å². The first-order chi connectivity index (χ1) is 15.2. The van der Waals surface area contributed by atoms with Gasteiger partial charge in [0, 0.05) is 17.2 Å². The number of carbonyl (C=O) groups is 1. The molecule has 1 amide bonds. The second kappa shape index (κ2) is 9.45. The van der Waals surface area contributed by atoms with Crippen molar-refractivity contribution >= 4 is 5.91 Å². The number of nitrogens with one attached hydrogen (secondary N) is 1. The van der Waals surface area contributed by atoms with Gasteiger partial charge in [0.25, 0.3) is 5.91 Å². The lowest BCUT2D eigenvalue weighted by Crippen LogP contribution is -2.35. The van der Waals surface area contributed by atoms with E-state index in [1.54, 1.807) is 31.2 Å². The van der Waals surface area contributed by atoms with E-state index >= 15 is 0 Å². The van der Waals surface area contributed by atoms with Gasteiger partial charge in [-0.05, 0) is 49.4 Å². The number of nitrogens with zero attached hydrogens (tertiary/aromatic N) is 3. The Morgan fingerprint density at radius 3 is 2.50 bits per heavy atom. The number of amides is 1. The molecule has 0 bridgehead atoms. The minimum Gasteiger partial charge on any atom is -0.406 e. The van der Waals surface area contributed by atoms with Gasteiger partial charge in [-0.3, -0.25) is 4.79 Å². The van der Waals surface area contributed by atoms with Crippen LogP contribution in [0.25, 0.3) is 22.6 Å². The second-order valence-corrected chi connectivity index (χ2v) is 6.78. The van der Waals surface area contributed by atoms with Crippen LogP contribution in [0, 0.1) is 11.3 Å². The lowest BCUT2D eigenvalue weighted by atomic mass is 10.1. The molecule has 32 heavy (non-hydrogen) atoms. The van der Waals surface area contributed by atoms with Crippen LogP contribution < -0.4 is 10.1 Å². The molecule has 10 heteroatoms. The first kappa shape index (κ1) is 22.7. The number of hydrogen-bond acceptors (Lipinski definition) is 6. The van der Waals surface area contributed by atoms with Gasteiger partial charge in [-0.25, -0.2) is 9.97 Å². The highest BCUT2D eigenvalue weighted by Crippen LogP contribution is 2.27. The second-order valence-electron chi connectivity index (χ2n) is 6.78. The molecular weight excluding hydrogens is 425 g/mol. The first-order valence-electron chi connectivity index (χ1n) is 9.36. The van der Waals surface area contributed by atoms with Crippen LogP contribution in [-0.2, 0) is 0 Å². The highest BCUT2D eigenvalue weighted by molar-refractivity contribution is 5.94. The molecule has 0 aliphatic rings. The van der Waals surface area contributed by atoms with Crippen molar-refractivity contribution in [3.8, 4) is 34.5 Å². The average Bonchev–Trinajstić information content (AvgIpc) is 2.78. The van der Waals surface area contributed by atoms with E-state index in [1.165, 1.54) is 18.2 Å². The molecule has 0 saturated heterocycles. The number of halogens is 3. The standard InChI is InChI=1S/C22H17F3N4O3/c1-13(12-30)27-21(31)19-10-18(15-5-7-17(8-6-15)32-22(23,24)25)28-20(29-19)16-4-2-3-14(9-16)11-26/h2-10,13,30H,12H2,1H3,(H,27,31)/t13-/m0/s1. The van der Waals surface area contributed by atoms with Crippen LogP contribution in [0.4, 0.5) is 13.2 Å². The Balaban J connectivity index is 2.05. The van der Waals surface area contributed by atoms with Crippen LogP contribution in [0.2, 0.25) is 0 Å². The minimum atomic E-state index is -4.82.